The third-order valence-electron chi connectivity index (χ3n) is 3.20. The molecule has 2 rings (SSSR count). The molecule has 6 heteroatoms. The zero-order valence-corrected chi connectivity index (χ0v) is 12.6. The Morgan fingerprint density at radius 1 is 1.17 bits per heavy atom. The molecule has 0 spiro atoms. The first-order chi connectivity index (χ1) is 11.1. The van der Waals surface area contributed by atoms with Gasteiger partial charge < -0.3 is 19.8 Å². The van der Waals surface area contributed by atoms with Crippen molar-refractivity contribution in [1.82, 2.24) is 0 Å². The minimum Gasteiger partial charge on any atom is -0.507 e. The second-order valence-corrected chi connectivity index (χ2v) is 4.75. The van der Waals surface area contributed by atoms with Crippen LogP contribution in [0.1, 0.15) is 11.1 Å². The van der Waals surface area contributed by atoms with Crippen molar-refractivity contribution in [1.29, 1.82) is 0 Å². The Morgan fingerprint density at radius 2 is 1.91 bits per heavy atom. The number of benzene rings is 2. The highest BCUT2D eigenvalue weighted by Crippen LogP contribution is 2.25. The van der Waals surface area contributed by atoms with Crippen molar-refractivity contribution in [2.45, 2.75) is 6.42 Å². The number of methoxy groups -OCH3 is 1. The van der Waals surface area contributed by atoms with Gasteiger partial charge >= 0.3 is 5.97 Å². The average Bonchev–Trinajstić information content (AvgIpc) is 2.59. The maximum Gasteiger partial charge on any atom is 0.343 e. The molecule has 2 aromatic carbocycles. The smallest absolute Gasteiger partial charge is 0.343 e. The van der Waals surface area contributed by atoms with Crippen molar-refractivity contribution < 1.29 is 24.6 Å². The molecule has 0 aromatic heterocycles. The lowest BCUT2D eigenvalue weighted by Gasteiger charge is -2.10. The number of carbonyl (C=O) groups excluding carboxylic acids is 1. The highest BCUT2D eigenvalue weighted by molar-refractivity contribution is 6.03. The number of hydrogen-bond acceptors (Lipinski definition) is 6. The summed E-state index contributed by atoms with van der Waals surface area (Å²) in [7, 11) is 1.26. The van der Waals surface area contributed by atoms with E-state index in [0.29, 0.717) is 23.4 Å². The zero-order valence-electron chi connectivity index (χ0n) is 12.6. The van der Waals surface area contributed by atoms with E-state index in [0.717, 1.165) is 5.56 Å². The second-order valence-electron chi connectivity index (χ2n) is 4.75. The fourth-order valence-electron chi connectivity index (χ4n) is 2.02. The van der Waals surface area contributed by atoms with Crippen LogP contribution in [0.2, 0.25) is 0 Å². The molecular weight excluding hydrogens is 298 g/mol. The van der Waals surface area contributed by atoms with Crippen molar-refractivity contribution in [2.24, 2.45) is 5.16 Å². The van der Waals surface area contributed by atoms with Gasteiger partial charge in [-0.15, -0.1) is 0 Å². The summed E-state index contributed by atoms with van der Waals surface area (Å²) in [5, 5.41) is 22.6. The van der Waals surface area contributed by atoms with Gasteiger partial charge in [0.25, 0.3) is 0 Å². The van der Waals surface area contributed by atoms with Gasteiger partial charge in [-0.2, -0.15) is 0 Å². The van der Waals surface area contributed by atoms with Gasteiger partial charge in [-0.3, -0.25) is 0 Å². The lowest BCUT2D eigenvalue weighted by atomic mass is 10.0. The molecule has 0 heterocycles. The van der Waals surface area contributed by atoms with E-state index in [-0.39, 0.29) is 12.4 Å². The van der Waals surface area contributed by atoms with Crippen molar-refractivity contribution in [3.05, 3.63) is 59.7 Å². The Morgan fingerprint density at radius 3 is 2.52 bits per heavy atom. The van der Waals surface area contributed by atoms with Gasteiger partial charge in [-0.1, -0.05) is 35.5 Å². The molecule has 0 unspecified atom stereocenters. The highest BCUT2D eigenvalue weighted by atomic mass is 16.6. The number of carbonyl (C=O) groups is 1. The predicted molar refractivity (Wildman–Crippen MR) is 84.1 cm³/mol. The normalized spacial score (nSPS) is 11.1. The Hall–Kier alpha value is -3.02. The van der Waals surface area contributed by atoms with Gasteiger partial charge in [0.15, 0.2) is 6.61 Å². The van der Waals surface area contributed by atoms with E-state index < -0.39 is 5.97 Å². The molecule has 2 N–H and O–H groups in total. The molecule has 0 aliphatic rings. The van der Waals surface area contributed by atoms with Gasteiger partial charge in [0.1, 0.15) is 11.5 Å². The van der Waals surface area contributed by atoms with E-state index in [4.69, 9.17) is 4.74 Å². The standard InChI is InChI=1S/C17H17NO5/c1-22-17(20)11-23-13-7-8-14(16(19)10-13)15(18-21)9-12-5-3-2-4-6-12/h2-8,10,19,21H,9,11H2,1H3. The first-order valence-electron chi connectivity index (χ1n) is 6.92. The topological polar surface area (TPSA) is 88.4 Å². The molecular formula is C17H17NO5. The van der Waals surface area contributed by atoms with Crippen LogP contribution in [0.4, 0.5) is 0 Å². The van der Waals surface area contributed by atoms with Crippen LogP contribution in [-0.2, 0) is 16.0 Å². The first kappa shape index (κ1) is 16.4. The highest BCUT2D eigenvalue weighted by Gasteiger charge is 2.12. The van der Waals surface area contributed by atoms with E-state index in [1.54, 1.807) is 12.1 Å². The summed E-state index contributed by atoms with van der Waals surface area (Å²) < 4.78 is 9.66. The first-order valence-corrected chi connectivity index (χ1v) is 6.92. The van der Waals surface area contributed by atoms with Crippen molar-refractivity contribution >= 4 is 11.7 Å². The van der Waals surface area contributed by atoms with Gasteiger partial charge in [-0.25, -0.2) is 4.79 Å². The molecule has 0 aliphatic heterocycles. The monoisotopic (exact) mass is 315 g/mol. The maximum absolute atomic E-state index is 11.0. The largest absolute Gasteiger partial charge is 0.507 e. The molecule has 6 nitrogen and oxygen atoms in total. The van der Waals surface area contributed by atoms with E-state index in [9.17, 15) is 15.1 Å². The SMILES string of the molecule is COC(=O)COc1ccc(C(Cc2ccccc2)=NO)c(O)c1. The molecule has 120 valence electrons. The van der Waals surface area contributed by atoms with Crippen molar-refractivity contribution in [3.8, 4) is 11.5 Å². The number of rotatable bonds is 6. The summed E-state index contributed by atoms with van der Waals surface area (Å²) >= 11 is 0. The second kappa shape index (κ2) is 7.84. The zero-order chi connectivity index (χ0) is 16.7. The molecule has 0 saturated carbocycles. The number of hydrogen-bond donors (Lipinski definition) is 2. The lowest BCUT2D eigenvalue weighted by molar-refractivity contribution is -0.142. The van der Waals surface area contributed by atoms with E-state index in [1.165, 1.54) is 13.2 Å². The number of phenols is 1. The summed E-state index contributed by atoms with van der Waals surface area (Å²) in [5.41, 5.74) is 1.67. The fourth-order valence-corrected chi connectivity index (χ4v) is 2.02. The van der Waals surface area contributed by atoms with Crippen LogP contribution in [0.5, 0.6) is 11.5 Å². The Bertz CT molecular complexity index is 697. The molecule has 0 fully saturated rings. The Labute approximate surface area is 133 Å². The number of nitrogens with zero attached hydrogens (tertiary/aromatic N) is 1. The van der Waals surface area contributed by atoms with E-state index in [2.05, 4.69) is 9.89 Å². The molecule has 0 aliphatic carbocycles. The quantitative estimate of drug-likeness (QED) is 0.370. The third-order valence-corrected chi connectivity index (χ3v) is 3.20. The van der Waals surface area contributed by atoms with Crippen molar-refractivity contribution in [3.63, 3.8) is 0 Å². The molecule has 0 radical (unpaired) electrons. The van der Waals surface area contributed by atoms with Crippen LogP contribution in [0, 0.1) is 0 Å². The van der Waals surface area contributed by atoms with Gasteiger partial charge in [0.05, 0.1) is 12.8 Å². The molecule has 0 bridgehead atoms. The average molecular weight is 315 g/mol. The molecule has 0 amide bonds. The van der Waals surface area contributed by atoms with Gasteiger partial charge in [0.2, 0.25) is 0 Å². The van der Waals surface area contributed by atoms with Gasteiger partial charge in [-0.05, 0) is 17.7 Å². The molecule has 23 heavy (non-hydrogen) atoms. The van der Waals surface area contributed by atoms with Gasteiger partial charge in [0, 0.05) is 18.1 Å². The van der Waals surface area contributed by atoms with Crippen LogP contribution < -0.4 is 4.74 Å². The summed E-state index contributed by atoms with van der Waals surface area (Å²) in [4.78, 5) is 11.0. The van der Waals surface area contributed by atoms with Crippen LogP contribution in [0.25, 0.3) is 0 Å². The summed E-state index contributed by atoms with van der Waals surface area (Å²) in [6, 6.07) is 14.0. The fraction of sp³-hybridized carbons (Fsp3) is 0.176. The number of ether oxygens (including phenoxy) is 2. The minimum absolute atomic E-state index is 0.101. The number of phenolic OH excluding ortho intramolecular Hbond substituents is 1. The van der Waals surface area contributed by atoms with E-state index in [1.807, 2.05) is 30.3 Å². The van der Waals surface area contributed by atoms with E-state index >= 15 is 0 Å². The lowest BCUT2D eigenvalue weighted by Crippen LogP contribution is -2.12. The molecule has 0 atom stereocenters. The predicted octanol–water partition coefficient (Wildman–Crippen LogP) is 2.37. The Balaban J connectivity index is 2.14. The maximum atomic E-state index is 11.0. The summed E-state index contributed by atoms with van der Waals surface area (Å²) in [5.74, 6) is -0.306. The molecule has 2 aromatic rings. The summed E-state index contributed by atoms with van der Waals surface area (Å²) in [6.45, 7) is -0.250. The van der Waals surface area contributed by atoms with Crippen LogP contribution in [0.3, 0.4) is 0 Å². The number of aromatic hydroxyl groups is 1. The van der Waals surface area contributed by atoms with Crippen LogP contribution in [0.15, 0.2) is 53.7 Å². The molecule has 0 saturated heterocycles. The van der Waals surface area contributed by atoms with Crippen molar-refractivity contribution in [2.75, 3.05) is 13.7 Å². The third kappa shape index (κ3) is 4.47. The Kier molecular flexibility index (Phi) is 5.57. The minimum atomic E-state index is -0.518. The van der Waals surface area contributed by atoms with Crippen LogP contribution in [-0.4, -0.2) is 35.7 Å². The number of esters is 1. The summed E-state index contributed by atoms with van der Waals surface area (Å²) in [6.07, 6.45) is 0.368. The number of oxime groups is 1. The van der Waals surface area contributed by atoms with Crippen LogP contribution >= 0.6 is 0 Å².